The van der Waals surface area contributed by atoms with Crippen LogP contribution >= 0.6 is 0 Å². The molecule has 0 amide bonds. The van der Waals surface area contributed by atoms with Crippen LogP contribution in [-0.2, 0) is 6.54 Å². The summed E-state index contributed by atoms with van der Waals surface area (Å²) in [5.41, 5.74) is 0.840. The molecule has 0 aliphatic rings. The number of nitrogens with zero attached hydrogens (tertiary/aromatic N) is 2. The van der Waals surface area contributed by atoms with E-state index in [-0.39, 0.29) is 5.82 Å². The van der Waals surface area contributed by atoms with Crippen LogP contribution in [0.15, 0.2) is 47.1 Å². The van der Waals surface area contributed by atoms with Crippen molar-refractivity contribution in [2.45, 2.75) is 6.54 Å². The smallest absolute Gasteiger partial charge is 0.218 e. The average molecular weight is 258 g/mol. The number of halogens is 1. The number of rotatable bonds is 4. The van der Waals surface area contributed by atoms with E-state index in [4.69, 9.17) is 4.42 Å². The van der Waals surface area contributed by atoms with Crippen LogP contribution in [0.2, 0.25) is 0 Å². The molecule has 0 unspecified atom stereocenters. The van der Waals surface area contributed by atoms with E-state index < -0.39 is 0 Å². The largest absolute Gasteiger partial charge is 0.459 e. The molecule has 6 heteroatoms. The molecule has 1 aromatic carbocycles. The number of H-pyrrole nitrogens is 1. The highest BCUT2D eigenvalue weighted by Crippen LogP contribution is 2.22. The third kappa shape index (κ3) is 2.62. The second-order valence-electron chi connectivity index (χ2n) is 3.96. The number of furan rings is 1. The number of hydrogen-bond acceptors (Lipinski definition) is 4. The Bertz CT molecular complexity index is 646. The van der Waals surface area contributed by atoms with Crippen molar-refractivity contribution in [2.24, 2.45) is 0 Å². The molecule has 96 valence electrons. The van der Waals surface area contributed by atoms with Gasteiger partial charge in [0.05, 0.1) is 6.54 Å². The summed E-state index contributed by atoms with van der Waals surface area (Å²) >= 11 is 0. The number of aromatic nitrogens is 3. The van der Waals surface area contributed by atoms with Gasteiger partial charge in [0.1, 0.15) is 23.7 Å². The van der Waals surface area contributed by atoms with Crippen molar-refractivity contribution >= 4 is 5.95 Å². The Balaban J connectivity index is 1.70. The molecule has 19 heavy (non-hydrogen) atoms. The van der Waals surface area contributed by atoms with Crippen LogP contribution in [0.4, 0.5) is 10.3 Å². The summed E-state index contributed by atoms with van der Waals surface area (Å²) in [7, 11) is 0. The maximum Gasteiger partial charge on any atom is 0.218 e. The molecule has 2 N–H and O–H groups in total. The highest BCUT2D eigenvalue weighted by molar-refractivity contribution is 5.57. The van der Waals surface area contributed by atoms with Crippen LogP contribution in [0.3, 0.4) is 0 Å². The molecule has 0 aliphatic heterocycles. The molecule has 3 aromatic rings. The van der Waals surface area contributed by atoms with Gasteiger partial charge in [-0.25, -0.2) is 14.5 Å². The van der Waals surface area contributed by atoms with Crippen molar-refractivity contribution in [2.75, 3.05) is 5.32 Å². The molecule has 2 aromatic heterocycles. The second-order valence-corrected chi connectivity index (χ2v) is 3.96. The molecule has 2 heterocycles. The molecule has 0 spiro atoms. The molecular weight excluding hydrogens is 247 g/mol. The van der Waals surface area contributed by atoms with E-state index in [9.17, 15) is 4.39 Å². The summed E-state index contributed by atoms with van der Waals surface area (Å²) in [6, 6.07) is 9.89. The zero-order valence-electron chi connectivity index (χ0n) is 9.93. The van der Waals surface area contributed by atoms with Gasteiger partial charge in [0.15, 0.2) is 0 Å². The van der Waals surface area contributed by atoms with Gasteiger partial charge in [0, 0.05) is 5.56 Å². The van der Waals surface area contributed by atoms with Crippen molar-refractivity contribution in [3.63, 3.8) is 0 Å². The maximum atomic E-state index is 12.8. The maximum absolute atomic E-state index is 12.8. The normalized spacial score (nSPS) is 10.6. The molecule has 5 nitrogen and oxygen atoms in total. The Morgan fingerprint density at radius 1 is 1.16 bits per heavy atom. The molecule has 0 bridgehead atoms. The predicted octanol–water partition coefficient (Wildman–Crippen LogP) is 2.82. The van der Waals surface area contributed by atoms with E-state index in [0.29, 0.717) is 18.3 Å². The molecular formula is C13H11FN4O. The van der Waals surface area contributed by atoms with E-state index in [1.165, 1.54) is 18.5 Å². The zero-order chi connectivity index (χ0) is 13.1. The minimum absolute atomic E-state index is 0.262. The number of hydrogen-bond donors (Lipinski definition) is 2. The monoisotopic (exact) mass is 258 g/mol. The first-order valence-corrected chi connectivity index (χ1v) is 5.75. The van der Waals surface area contributed by atoms with Crippen molar-refractivity contribution < 1.29 is 8.81 Å². The number of benzene rings is 1. The Morgan fingerprint density at radius 3 is 2.74 bits per heavy atom. The first kappa shape index (κ1) is 11.5. The van der Waals surface area contributed by atoms with Crippen LogP contribution in [-0.4, -0.2) is 15.2 Å². The van der Waals surface area contributed by atoms with Gasteiger partial charge >= 0.3 is 0 Å². The van der Waals surface area contributed by atoms with Gasteiger partial charge in [-0.05, 0) is 36.4 Å². The van der Waals surface area contributed by atoms with Gasteiger partial charge in [-0.2, -0.15) is 5.10 Å². The lowest BCUT2D eigenvalue weighted by Crippen LogP contribution is -1.99. The minimum atomic E-state index is -0.262. The number of anilines is 1. The van der Waals surface area contributed by atoms with Crippen molar-refractivity contribution in [3.8, 4) is 11.3 Å². The molecule has 0 fully saturated rings. The van der Waals surface area contributed by atoms with E-state index in [0.717, 1.165) is 11.3 Å². The van der Waals surface area contributed by atoms with E-state index in [2.05, 4.69) is 20.5 Å². The fraction of sp³-hybridized carbons (Fsp3) is 0.0769. The van der Waals surface area contributed by atoms with Crippen molar-refractivity contribution in [3.05, 3.63) is 54.3 Å². The summed E-state index contributed by atoms with van der Waals surface area (Å²) in [4.78, 5) is 3.94. The van der Waals surface area contributed by atoms with E-state index in [1.54, 1.807) is 12.1 Å². The van der Waals surface area contributed by atoms with Crippen LogP contribution in [0.25, 0.3) is 11.3 Å². The van der Waals surface area contributed by atoms with Gasteiger partial charge in [-0.1, -0.05) is 0 Å². The van der Waals surface area contributed by atoms with Gasteiger partial charge in [-0.15, -0.1) is 0 Å². The summed E-state index contributed by atoms with van der Waals surface area (Å²) in [5, 5.41) is 9.46. The lowest BCUT2D eigenvalue weighted by Gasteiger charge is -1.99. The Labute approximate surface area is 108 Å². The molecule has 0 atom stereocenters. The van der Waals surface area contributed by atoms with Crippen molar-refractivity contribution in [1.29, 1.82) is 0 Å². The Kier molecular flexibility index (Phi) is 2.97. The van der Waals surface area contributed by atoms with Gasteiger partial charge in [0.2, 0.25) is 5.95 Å². The summed E-state index contributed by atoms with van der Waals surface area (Å²) in [6.07, 6.45) is 1.43. The lowest BCUT2D eigenvalue weighted by atomic mass is 10.2. The van der Waals surface area contributed by atoms with Crippen LogP contribution in [0, 0.1) is 5.82 Å². The van der Waals surface area contributed by atoms with Gasteiger partial charge < -0.3 is 9.73 Å². The SMILES string of the molecule is Fc1ccc(-c2ccc(CNc3ncn[nH]3)o2)cc1. The lowest BCUT2D eigenvalue weighted by molar-refractivity contribution is 0.530. The fourth-order valence-corrected chi connectivity index (χ4v) is 1.70. The molecule has 0 saturated heterocycles. The first-order valence-electron chi connectivity index (χ1n) is 5.75. The van der Waals surface area contributed by atoms with Gasteiger partial charge in [0.25, 0.3) is 0 Å². The van der Waals surface area contributed by atoms with E-state index >= 15 is 0 Å². The first-order chi connectivity index (χ1) is 9.31. The predicted molar refractivity (Wildman–Crippen MR) is 67.8 cm³/mol. The average Bonchev–Trinajstić information content (AvgIpc) is 3.09. The Morgan fingerprint density at radius 2 is 2.00 bits per heavy atom. The molecule has 0 radical (unpaired) electrons. The summed E-state index contributed by atoms with van der Waals surface area (Å²) < 4.78 is 18.5. The number of nitrogens with one attached hydrogen (secondary N) is 2. The summed E-state index contributed by atoms with van der Waals surface area (Å²) in [6.45, 7) is 0.496. The second kappa shape index (κ2) is 4.93. The van der Waals surface area contributed by atoms with E-state index in [1.807, 2.05) is 12.1 Å². The fourth-order valence-electron chi connectivity index (χ4n) is 1.70. The molecule has 0 saturated carbocycles. The highest BCUT2D eigenvalue weighted by Gasteiger charge is 2.05. The zero-order valence-corrected chi connectivity index (χ0v) is 9.93. The Hall–Kier alpha value is -2.63. The van der Waals surface area contributed by atoms with Gasteiger partial charge in [-0.3, -0.25) is 0 Å². The standard InChI is InChI=1S/C13H11FN4O/c14-10-3-1-9(2-4-10)12-6-5-11(19-12)7-15-13-16-8-17-18-13/h1-6,8H,7H2,(H2,15,16,17,18). The molecule has 0 aliphatic carbocycles. The third-order valence-electron chi connectivity index (χ3n) is 2.64. The minimum Gasteiger partial charge on any atom is -0.459 e. The van der Waals surface area contributed by atoms with Crippen LogP contribution < -0.4 is 5.32 Å². The molecule has 3 rings (SSSR count). The summed E-state index contributed by atoms with van der Waals surface area (Å²) in [5.74, 6) is 1.78. The quantitative estimate of drug-likeness (QED) is 0.755. The number of aromatic amines is 1. The van der Waals surface area contributed by atoms with Crippen molar-refractivity contribution in [1.82, 2.24) is 15.2 Å². The van der Waals surface area contributed by atoms with Crippen LogP contribution in [0.1, 0.15) is 5.76 Å². The highest BCUT2D eigenvalue weighted by atomic mass is 19.1. The topological polar surface area (TPSA) is 66.7 Å². The third-order valence-corrected chi connectivity index (χ3v) is 2.64. The van der Waals surface area contributed by atoms with Crippen LogP contribution in [0.5, 0.6) is 0 Å².